The lowest BCUT2D eigenvalue weighted by Crippen LogP contribution is -2.19. The molecule has 0 saturated heterocycles. The molecule has 5 heteroatoms. The van der Waals surface area contributed by atoms with Gasteiger partial charge >= 0.3 is 5.97 Å². The van der Waals surface area contributed by atoms with Crippen LogP contribution in [0, 0.1) is 6.92 Å². The van der Waals surface area contributed by atoms with E-state index < -0.39 is 5.97 Å². The van der Waals surface area contributed by atoms with Gasteiger partial charge in [-0.3, -0.25) is 4.90 Å². The molecule has 0 radical (unpaired) electrons. The third-order valence-corrected chi connectivity index (χ3v) is 4.74. The van der Waals surface area contributed by atoms with Crippen molar-refractivity contribution in [2.24, 2.45) is 0 Å². The second-order valence-electron chi connectivity index (χ2n) is 5.11. The molecule has 1 aliphatic heterocycles. The highest BCUT2D eigenvalue weighted by Gasteiger charge is 2.20. The Kier molecular flexibility index (Phi) is 3.54. The van der Waals surface area contributed by atoms with Crippen molar-refractivity contribution < 1.29 is 9.90 Å². The highest BCUT2D eigenvalue weighted by molar-refractivity contribution is 7.09. The Morgan fingerprint density at radius 2 is 2.20 bits per heavy atom. The van der Waals surface area contributed by atoms with E-state index in [-0.39, 0.29) is 0 Å². The zero-order valence-electron chi connectivity index (χ0n) is 11.3. The number of carboxylic acid groups (broad SMARTS) is 1. The van der Waals surface area contributed by atoms with Crippen LogP contribution < -0.4 is 0 Å². The highest BCUT2D eigenvalue weighted by Crippen LogP contribution is 2.24. The lowest BCUT2D eigenvalue weighted by atomic mass is 10.1. The Morgan fingerprint density at radius 1 is 1.40 bits per heavy atom. The van der Waals surface area contributed by atoms with E-state index in [2.05, 4.69) is 9.88 Å². The van der Waals surface area contributed by atoms with Crippen LogP contribution in [0.5, 0.6) is 0 Å². The Labute approximate surface area is 121 Å². The Balaban J connectivity index is 1.65. The zero-order valence-corrected chi connectivity index (χ0v) is 12.1. The van der Waals surface area contributed by atoms with E-state index in [0.29, 0.717) is 5.56 Å². The smallest absolute Gasteiger partial charge is 0.335 e. The van der Waals surface area contributed by atoms with E-state index in [4.69, 9.17) is 5.11 Å². The number of benzene rings is 1. The van der Waals surface area contributed by atoms with E-state index in [0.717, 1.165) is 37.3 Å². The summed E-state index contributed by atoms with van der Waals surface area (Å²) in [5.41, 5.74) is 5.79. The number of aromatic nitrogens is 1. The third-order valence-electron chi connectivity index (χ3n) is 3.74. The van der Waals surface area contributed by atoms with Crippen LogP contribution in [-0.4, -0.2) is 27.5 Å². The largest absolute Gasteiger partial charge is 0.478 e. The quantitative estimate of drug-likeness (QED) is 0.940. The van der Waals surface area contributed by atoms with Gasteiger partial charge in [-0.15, -0.1) is 11.3 Å². The van der Waals surface area contributed by atoms with Gasteiger partial charge in [0.2, 0.25) is 0 Å². The van der Waals surface area contributed by atoms with Crippen LogP contribution >= 0.6 is 11.3 Å². The van der Waals surface area contributed by atoms with Gasteiger partial charge in [0, 0.05) is 24.5 Å². The van der Waals surface area contributed by atoms with Crippen molar-refractivity contribution in [3.05, 3.63) is 51.0 Å². The van der Waals surface area contributed by atoms with E-state index in [1.165, 1.54) is 10.4 Å². The van der Waals surface area contributed by atoms with E-state index >= 15 is 0 Å². The van der Waals surface area contributed by atoms with Crippen LogP contribution in [0.2, 0.25) is 0 Å². The Morgan fingerprint density at radius 3 is 2.90 bits per heavy atom. The number of aryl methyl sites for hydroxylation is 1. The number of thiazole rings is 1. The highest BCUT2D eigenvalue weighted by atomic mass is 32.1. The molecule has 0 unspecified atom stereocenters. The second-order valence-corrected chi connectivity index (χ2v) is 6.05. The minimum atomic E-state index is -0.855. The van der Waals surface area contributed by atoms with Crippen LogP contribution in [0.15, 0.2) is 23.7 Å². The molecule has 3 rings (SSSR count). The first kappa shape index (κ1) is 13.3. The van der Waals surface area contributed by atoms with Gasteiger partial charge in [-0.25, -0.2) is 9.78 Å². The molecule has 1 aromatic carbocycles. The molecule has 0 amide bonds. The Hall–Kier alpha value is -1.72. The monoisotopic (exact) mass is 288 g/mol. The number of carbonyl (C=O) groups is 1. The number of rotatable bonds is 4. The normalized spacial score (nSPS) is 14.4. The molecule has 0 fully saturated rings. The molecule has 104 valence electrons. The molecule has 1 N–H and O–H groups in total. The van der Waals surface area contributed by atoms with Gasteiger partial charge in [-0.1, -0.05) is 6.07 Å². The molecule has 0 saturated carbocycles. The summed E-state index contributed by atoms with van der Waals surface area (Å²) < 4.78 is 0. The average Bonchev–Trinajstić information content (AvgIpc) is 3.00. The number of hydrogen-bond donors (Lipinski definition) is 1. The summed E-state index contributed by atoms with van der Waals surface area (Å²) in [5.74, 6) is -0.855. The maximum atomic E-state index is 11.0. The Bertz CT molecular complexity index is 651. The van der Waals surface area contributed by atoms with Gasteiger partial charge in [0.25, 0.3) is 0 Å². The fourth-order valence-electron chi connectivity index (χ4n) is 2.58. The number of aromatic carboxylic acids is 1. The molecule has 1 aliphatic rings. The van der Waals surface area contributed by atoms with E-state index in [1.807, 2.05) is 18.5 Å². The van der Waals surface area contributed by atoms with Crippen molar-refractivity contribution in [2.45, 2.75) is 26.4 Å². The fourth-order valence-corrected chi connectivity index (χ4v) is 3.35. The summed E-state index contributed by atoms with van der Waals surface area (Å²) in [6.07, 6.45) is 1.01. The molecule has 2 aromatic rings. The molecule has 0 aliphatic carbocycles. The predicted octanol–water partition coefficient (Wildman–Crippen LogP) is 2.71. The number of fused-ring (bicyclic) bond motifs is 1. The lowest BCUT2D eigenvalue weighted by molar-refractivity contribution is 0.0696. The second kappa shape index (κ2) is 5.34. The van der Waals surface area contributed by atoms with Crippen molar-refractivity contribution in [1.29, 1.82) is 0 Å². The summed E-state index contributed by atoms with van der Waals surface area (Å²) in [4.78, 5) is 18.9. The first-order valence-electron chi connectivity index (χ1n) is 6.60. The van der Waals surface area contributed by atoms with Crippen molar-refractivity contribution in [2.75, 3.05) is 6.54 Å². The lowest BCUT2D eigenvalue weighted by Gasteiger charge is -2.13. The minimum Gasteiger partial charge on any atom is -0.478 e. The van der Waals surface area contributed by atoms with Crippen LogP contribution in [0.3, 0.4) is 0 Å². The third kappa shape index (κ3) is 2.59. The summed E-state index contributed by atoms with van der Waals surface area (Å²) in [6.45, 7) is 4.78. The molecule has 20 heavy (non-hydrogen) atoms. The van der Waals surface area contributed by atoms with E-state index in [9.17, 15) is 4.79 Å². The van der Waals surface area contributed by atoms with Gasteiger partial charge in [-0.2, -0.15) is 0 Å². The standard InChI is InChI=1S/C15H16N2O2S/c1-10-14(20-9-16-10)4-5-17-7-12-3-2-11(15(18)19)6-13(12)8-17/h2-3,6,9H,4-5,7-8H2,1H3,(H,18,19). The number of nitrogens with zero attached hydrogens (tertiary/aromatic N) is 2. The zero-order chi connectivity index (χ0) is 14.1. The van der Waals surface area contributed by atoms with Gasteiger partial charge < -0.3 is 5.11 Å². The molecule has 0 bridgehead atoms. The molecule has 0 atom stereocenters. The molecule has 0 spiro atoms. The van der Waals surface area contributed by atoms with Crippen molar-refractivity contribution in [3.8, 4) is 0 Å². The van der Waals surface area contributed by atoms with Gasteiger partial charge in [0.15, 0.2) is 0 Å². The van der Waals surface area contributed by atoms with Crippen LogP contribution in [0.4, 0.5) is 0 Å². The fraction of sp³-hybridized carbons (Fsp3) is 0.333. The molecular formula is C15H16N2O2S. The van der Waals surface area contributed by atoms with Crippen LogP contribution in [-0.2, 0) is 19.5 Å². The number of hydrogen-bond acceptors (Lipinski definition) is 4. The first-order valence-corrected chi connectivity index (χ1v) is 7.48. The van der Waals surface area contributed by atoms with E-state index in [1.54, 1.807) is 23.5 Å². The topological polar surface area (TPSA) is 53.4 Å². The average molecular weight is 288 g/mol. The predicted molar refractivity (Wildman–Crippen MR) is 78.1 cm³/mol. The SMILES string of the molecule is Cc1ncsc1CCN1Cc2ccc(C(=O)O)cc2C1. The first-order chi connectivity index (χ1) is 9.63. The summed E-state index contributed by atoms with van der Waals surface area (Å²) in [7, 11) is 0. The van der Waals surface area contributed by atoms with Crippen LogP contribution in [0.1, 0.15) is 32.1 Å². The molecule has 2 heterocycles. The van der Waals surface area contributed by atoms with Crippen molar-refractivity contribution >= 4 is 17.3 Å². The van der Waals surface area contributed by atoms with Crippen molar-refractivity contribution in [3.63, 3.8) is 0 Å². The van der Waals surface area contributed by atoms with Gasteiger partial charge in [-0.05, 0) is 36.6 Å². The molecule has 4 nitrogen and oxygen atoms in total. The summed E-state index contributed by atoms with van der Waals surface area (Å²) >= 11 is 1.71. The van der Waals surface area contributed by atoms with Crippen LogP contribution in [0.25, 0.3) is 0 Å². The number of carboxylic acids is 1. The summed E-state index contributed by atoms with van der Waals surface area (Å²) in [6, 6.07) is 5.43. The molecule has 1 aromatic heterocycles. The maximum absolute atomic E-state index is 11.0. The van der Waals surface area contributed by atoms with Gasteiger partial charge in [0.1, 0.15) is 0 Å². The minimum absolute atomic E-state index is 0.379. The van der Waals surface area contributed by atoms with Crippen molar-refractivity contribution in [1.82, 2.24) is 9.88 Å². The molecular weight excluding hydrogens is 272 g/mol. The van der Waals surface area contributed by atoms with Gasteiger partial charge in [0.05, 0.1) is 16.8 Å². The summed E-state index contributed by atoms with van der Waals surface area (Å²) in [5, 5.41) is 9.02. The maximum Gasteiger partial charge on any atom is 0.335 e.